The molecule has 8 nitrogen and oxygen atoms in total. The van der Waals surface area contributed by atoms with Crippen LogP contribution in [0.2, 0.25) is 0 Å². The monoisotopic (exact) mass is 450 g/mol. The molecule has 1 aliphatic heterocycles. The third-order valence-corrected chi connectivity index (χ3v) is 4.67. The van der Waals surface area contributed by atoms with Crippen LogP contribution in [0.5, 0.6) is 5.88 Å². The van der Waals surface area contributed by atoms with E-state index in [1.54, 1.807) is 0 Å². The predicted molar refractivity (Wildman–Crippen MR) is 115 cm³/mol. The fourth-order valence-electron chi connectivity index (χ4n) is 3.14. The number of amides is 1. The van der Waals surface area contributed by atoms with Gasteiger partial charge in [0.05, 0.1) is 6.04 Å². The number of aryl methyl sites for hydroxylation is 1. The lowest BCUT2D eigenvalue weighted by molar-refractivity contribution is -0.123. The molecule has 0 saturated heterocycles. The van der Waals surface area contributed by atoms with Crippen LogP contribution in [-0.4, -0.2) is 41.4 Å². The van der Waals surface area contributed by atoms with Crippen molar-refractivity contribution in [3.05, 3.63) is 47.7 Å². The Morgan fingerprint density at radius 2 is 2.06 bits per heavy atom. The number of nitrogens with one attached hydrogen (secondary N) is 4. The molecule has 11 heteroatoms. The number of anilines is 3. The Hall–Kier alpha value is -3.50. The first-order chi connectivity index (χ1) is 15.0. The zero-order chi connectivity index (χ0) is 23.5. The van der Waals surface area contributed by atoms with Crippen molar-refractivity contribution in [1.29, 1.82) is 0 Å². The number of carbonyl (C=O) groups excluding carboxylic acids is 1. The highest BCUT2D eigenvalue weighted by Crippen LogP contribution is 2.30. The molecule has 0 unspecified atom stereocenters. The number of nitrogens with zero attached hydrogens (tertiary/aromatic N) is 2. The molecule has 0 bridgehead atoms. The molecule has 0 radical (unpaired) electrons. The highest BCUT2D eigenvalue weighted by molar-refractivity contribution is 6.02. The molecule has 2 aromatic rings. The van der Waals surface area contributed by atoms with Crippen molar-refractivity contribution in [1.82, 2.24) is 20.6 Å². The molecule has 32 heavy (non-hydrogen) atoms. The van der Waals surface area contributed by atoms with Crippen LogP contribution >= 0.6 is 0 Å². The molecule has 0 fully saturated rings. The van der Waals surface area contributed by atoms with Gasteiger partial charge < -0.3 is 26.0 Å². The summed E-state index contributed by atoms with van der Waals surface area (Å²) in [5, 5.41) is 11.0. The molecule has 1 aliphatic rings. The van der Waals surface area contributed by atoms with E-state index in [4.69, 9.17) is 4.74 Å². The van der Waals surface area contributed by atoms with Gasteiger partial charge in [-0.2, -0.15) is 23.1 Å². The topological polar surface area (TPSA) is 100 Å². The number of carbonyl (C=O) groups is 1. The van der Waals surface area contributed by atoms with Gasteiger partial charge in [-0.3, -0.25) is 4.79 Å². The van der Waals surface area contributed by atoms with Gasteiger partial charge in [0.25, 0.3) is 5.91 Å². The van der Waals surface area contributed by atoms with E-state index in [2.05, 4.69) is 37.8 Å². The third-order valence-electron chi connectivity index (χ3n) is 4.67. The molecule has 3 rings (SSSR count). The molecule has 4 N–H and O–H groups in total. The van der Waals surface area contributed by atoms with Crippen molar-refractivity contribution in [2.45, 2.75) is 33.0 Å². The van der Waals surface area contributed by atoms with Gasteiger partial charge >= 0.3 is 6.18 Å². The van der Waals surface area contributed by atoms with Gasteiger partial charge in [0.2, 0.25) is 11.8 Å². The number of aromatic nitrogens is 2. The van der Waals surface area contributed by atoms with Crippen LogP contribution in [0.1, 0.15) is 29.8 Å². The van der Waals surface area contributed by atoms with Gasteiger partial charge in [-0.25, -0.2) is 0 Å². The van der Waals surface area contributed by atoms with Crippen molar-refractivity contribution >= 4 is 23.4 Å². The second-order valence-corrected chi connectivity index (χ2v) is 7.73. The van der Waals surface area contributed by atoms with Crippen molar-refractivity contribution in [2.75, 3.05) is 23.9 Å². The summed E-state index contributed by atoms with van der Waals surface area (Å²) in [4.78, 5) is 21.1. The summed E-state index contributed by atoms with van der Waals surface area (Å²) in [7, 11) is 0. The predicted octanol–water partition coefficient (Wildman–Crippen LogP) is 3.71. The second kappa shape index (κ2) is 9.33. The zero-order valence-electron chi connectivity index (χ0n) is 17.9. The van der Waals surface area contributed by atoms with Crippen LogP contribution in [0.15, 0.2) is 36.5 Å². The summed E-state index contributed by atoms with van der Waals surface area (Å²) in [5.74, 6) is -0.179. The number of hydrogen-bond donors (Lipinski definition) is 4. The fraction of sp³-hybridized carbons (Fsp3) is 0.381. The van der Waals surface area contributed by atoms with Gasteiger partial charge in [0.15, 0.2) is 12.5 Å². The molecular formula is C21H25F3N6O2. The summed E-state index contributed by atoms with van der Waals surface area (Å²) >= 11 is 0. The van der Waals surface area contributed by atoms with Crippen LogP contribution in [0.4, 0.5) is 30.6 Å². The maximum atomic E-state index is 12.6. The first-order valence-corrected chi connectivity index (χ1v) is 9.96. The van der Waals surface area contributed by atoms with Crippen molar-refractivity contribution in [3.8, 4) is 5.88 Å². The first kappa shape index (κ1) is 23.2. The van der Waals surface area contributed by atoms with Crippen molar-refractivity contribution < 1.29 is 22.7 Å². The van der Waals surface area contributed by atoms with Crippen LogP contribution in [0.25, 0.3) is 0 Å². The van der Waals surface area contributed by atoms with Gasteiger partial charge in [0, 0.05) is 11.4 Å². The van der Waals surface area contributed by atoms with Crippen molar-refractivity contribution in [3.63, 3.8) is 0 Å². The van der Waals surface area contributed by atoms with Crippen LogP contribution in [0, 0.1) is 12.8 Å². The SMILES string of the molecule is C=C(NCC(F)(F)F)[C@@H](Nc1nc(Nc2cccc(C)c2)c2c(n1)OCNC2=O)C(C)C. The quantitative estimate of drug-likeness (QED) is 0.487. The summed E-state index contributed by atoms with van der Waals surface area (Å²) in [6.07, 6.45) is -4.38. The maximum Gasteiger partial charge on any atom is 0.405 e. The van der Waals surface area contributed by atoms with E-state index in [9.17, 15) is 18.0 Å². The minimum absolute atomic E-state index is 0.0559. The Kier molecular flexibility index (Phi) is 6.75. The lowest BCUT2D eigenvalue weighted by atomic mass is 10.0. The Balaban J connectivity index is 1.92. The molecule has 172 valence electrons. The number of halogens is 3. The molecule has 1 aromatic heterocycles. The lowest BCUT2D eigenvalue weighted by Gasteiger charge is -2.27. The number of alkyl halides is 3. The van der Waals surface area contributed by atoms with E-state index in [-0.39, 0.29) is 41.6 Å². The van der Waals surface area contributed by atoms with E-state index >= 15 is 0 Å². The van der Waals surface area contributed by atoms with Gasteiger partial charge in [-0.15, -0.1) is 0 Å². The van der Waals surface area contributed by atoms with Gasteiger partial charge in [0.1, 0.15) is 12.1 Å². The number of ether oxygens (including phenoxy) is 1. The number of benzene rings is 1. The maximum absolute atomic E-state index is 12.6. The molecule has 0 saturated carbocycles. The molecule has 2 heterocycles. The van der Waals surface area contributed by atoms with E-state index in [0.717, 1.165) is 5.56 Å². The molecule has 1 aromatic carbocycles. The van der Waals surface area contributed by atoms with E-state index in [1.807, 2.05) is 45.0 Å². The largest absolute Gasteiger partial charge is 0.456 e. The average molecular weight is 450 g/mol. The molecule has 0 aliphatic carbocycles. The summed E-state index contributed by atoms with van der Waals surface area (Å²) in [6, 6.07) is 6.86. The molecule has 0 spiro atoms. The Morgan fingerprint density at radius 1 is 1.31 bits per heavy atom. The number of rotatable bonds is 8. The zero-order valence-corrected chi connectivity index (χ0v) is 17.9. The van der Waals surface area contributed by atoms with Crippen LogP contribution < -0.4 is 26.0 Å². The average Bonchev–Trinajstić information content (AvgIpc) is 2.69. The van der Waals surface area contributed by atoms with Gasteiger partial charge in [-0.1, -0.05) is 32.6 Å². The summed E-state index contributed by atoms with van der Waals surface area (Å²) in [5.41, 5.74) is 1.99. The smallest absolute Gasteiger partial charge is 0.405 e. The second-order valence-electron chi connectivity index (χ2n) is 7.73. The number of fused-ring (bicyclic) bond motifs is 1. The first-order valence-electron chi connectivity index (χ1n) is 9.96. The summed E-state index contributed by atoms with van der Waals surface area (Å²) < 4.78 is 43.3. The van der Waals surface area contributed by atoms with Crippen LogP contribution in [0.3, 0.4) is 0 Å². The normalized spacial score (nSPS) is 14.2. The van der Waals surface area contributed by atoms with E-state index in [0.29, 0.717) is 5.69 Å². The third kappa shape index (κ3) is 5.80. The highest BCUT2D eigenvalue weighted by Gasteiger charge is 2.30. The fourth-order valence-corrected chi connectivity index (χ4v) is 3.14. The van der Waals surface area contributed by atoms with Crippen LogP contribution in [-0.2, 0) is 0 Å². The minimum atomic E-state index is -4.38. The van der Waals surface area contributed by atoms with Gasteiger partial charge in [-0.05, 0) is 30.5 Å². The number of hydrogen-bond acceptors (Lipinski definition) is 7. The summed E-state index contributed by atoms with van der Waals surface area (Å²) in [6.45, 7) is 8.05. The Bertz CT molecular complexity index is 1010. The van der Waals surface area contributed by atoms with Crippen molar-refractivity contribution in [2.24, 2.45) is 5.92 Å². The van der Waals surface area contributed by atoms with E-state index < -0.39 is 24.7 Å². The van der Waals surface area contributed by atoms with E-state index in [1.165, 1.54) is 0 Å². The highest BCUT2D eigenvalue weighted by atomic mass is 19.4. The molecule has 1 amide bonds. The lowest BCUT2D eigenvalue weighted by Crippen LogP contribution is -2.39. The Labute approximate surface area is 183 Å². The minimum Gasteiger partial charge on any atom is -0.456 e. The molecular weight excluding hydrogens is 425 g/mol. The Morgan fingerprint density at radius 3 is 2.72 bits per heavy atom. The standard InChI is InChI=1S/C21H25F3N6O2/c1-11(2)16(13(4)25-9-21(22,23)24)28-20-29-17(27-14-7-5-6-12(3)8-14)15-18(31)26-10-32-19(15)30-20/h5-8,11,16,25H,4,9-10H2,1-3H3,(H,26,31)(H2,27,28,29,30)/t16-/m0/s1. The molecule has 1 atom stereocenters.